The molecule has 4 rings (SSSR count). The van der Waals surface area contributed by atoms with Crippen molar-refractivity contribution in [3.8, 4) is 0 Å². The minimum atomic E-state index is -0.599. The maximum atomic E-state index is 10.5. The summed E-state index contributed by atoms with van der Waals surface area (Å²) in [5.41, 5.74) is 21.5. The van der Waals surface area contributed by atoms with Crippen molar-refractivity contribution in [2.24, 2.45) is 25.6 Å². The van der Waals surface area contributed by atoms with Gasteiger partial charge in [0.25, 0.3) is 11.8 Å². The van der Waals surface area contributed by atoms with Crippen molar-refractivity contribution >= 4 is 23.3 Å². The highest BCUT2D eigenvalue weighted by molar-refractivity contribution is 5.95. The Labute approximate surface area is 181 Å². The molecule has 2 amide bonds. The normalized spacial score (nSPS) is 11.7. The Morgan fingerprint density at radius 2 is 1.74 bits per heavy atom. The van der Waals surface area contributed by atoms with Crippen molar-refractivity contribution in [1.29, 1.82) is 0 Å². The third-order valence-corrected chi connectivity index (χ3v) is 4.88. The van der Waals surface area contributed by atoms with E-state index in [4.69, 9.17) is 17.2 Å². The molecule has 0 bridgehead atoms. The van der Waals surface area contributed by atoms with Gasteiger partial charge < -0.3 is 26.7 Å². The number of benzene rings is 1. The lowest BCUT2D eigenvalue weighted by atomic mass is 10.0. The molecule has 0 unspecified atom stereocenters. The van der Waals surface area contributed by atoms with E-state index in [1.165, 1.54) is 45.4 Å². The number of nitrogens with two attached hydrogens (primary N) is 3. The minimum Gasteiger partial charge on any atom is -0.383 e. The number of anilines is 2. The Kier molecular flexibility index (Phi) is 7.41. The van der Waals surface area contributed by atoms with E-state index >= 15 is 0 Å². The Bertz CT molecular complexity index is 1080. The maximum absolute atomic E-state index is 10.5. The molecule has 6 N–H and O–H groups in total. The molecule has 0 atom stereocenters. The van der Waals surface area contributed by atoms with Gasteiger partial charge in [-0.2, -0.15) is 5.10 Å². The fourth-order valence-corrected chi connectivity index (χ4v) is 3.22. The highest BCUT2D eigenvalue weighted by Gasteiger charge is 2.17. The number of nitrogens with zero attached hydrogens (tertiary/aromatic N) is 5. The Morgan fingerprint density at radius 1 is 1.06 bits per heavy atom. The monoisotopic (exact) mass is 426 g/mol. The summed E-state index contributed by atoms with van der Waals surface area (Å²) in [6.45, 7) is 5.56. The SMILES string of the molecule is Cc1cc(C)c2c(c1)N(C)CC2.Cn1ccc(C(N)=O)n1.Cn1cnc(C(N)=O)c1N. The number of likely N-dealkylation sites (N-methyl/N-ethyl adjacent to an activating group) is 1. The molecule has 0 aliphatic carbocycles. The van der Waals surface area contributed by atoms with Gasteiger partial charge in [-0.25, -0.2) is 4.98 Å². The summed E-state index contributed by atoms with van der Waals surface area (Å²) < 4.78 is 3.06. The Balaban J connectivity index is 0.000000167. The average Bonchev–Trinajstić information content (AvgIpc) is 3.37. The number of imidazole rings is 1. The number of primary amides is 2. The second-order valence-corrected chi connectivity index (χ2v) is 7.44. The van der Waals surface area contributed by atoms with E-state index in [0.29, 0.717) is 11.5 Å². The maximum Gasteiger partial charge on any atom is 0.271 e. The van der Waals surface area contributed by atoms with E-state index in [9.17, 15) is 9.59 Å². The van der Waals surface area contributed by atoms with Crippen LogP contribution in [0.1, 0.15) is 37.7 Å². The molecule has 3 aromatic rings. The van der Waals surface area contributed by atoms with Crippen LogP contribution in [0.2, 0.25) is 0 Å². The number of carbonyl (C=O) groups excluding carboxylic acids is 2. The topological polar surface area (TPSA) is 151 Å². The van der Waals surface area contributed by atoms with Crippen molar-refractivity contribution in [3.05, 3.63) is 58.8 Å². The van der Waals surface area contributed by atoms with Gasteiger partial charge in [-0.1, -0.05) is 6.07 Å². The molecule has 0 saturated carbocycles. The lowest BCUT2D eigenvalue weighted by Crippen LogP contribution is -2.14. The van der Waals surface area contributed by atoms with Crippen molar-refractivity contribution in [1.82, 2.24) is 19.3 Å². The first-order chi connectivity index (χ1) is 14.5. The van der Waals surface area contributed by atoms with Crippen molar-refractivity contribution in [2.75, 3.05) is 24.2 Å². The standard InChI is InChI=1S/C11H15N.C5H8N4O.C5H7N3O/c1-8-6-9(2)10-4-5-12(3)11(10)7-8;1-9-2-8-3(4(9)6)5(7)10;1-8-3-2-4(7-8)5(6)9/h6-7H,4-5H2,1-3H3;2H,6H2,1H3,(H2,7,10);2-3H,1H3,(H2,6,9). The summed E-state index contributed by atoms with van der Waals surface area (Å²) in [5.74, 6) is -0.791. The van der Waals surface area contributed by atoms with E-state index in [1.54, 1.807) is 31.9 Å². The van der Waals surface area contributed by atoms with Gasteiger partial charge in [-0.3, -0.25) is 14.3 Å². The highest BCUT2D eigenvalue weighted by atomic mass is 16.1. The molecule has 0 radical (unpaired) electrons. The Morgan fingerprint density at radius 3 is 2.16 bits per heavy atom. The quantitative estimate of drug-likeness (QED) is 0.554. The molecule has 3 heterocycles. The molecule has 0 spiro atoms. The van der Waals surface area contributed by atoms with Gasteiger partial charge in [0, 0.05) is 39.6 Å². The average molecular weight is 427 g/mol. The minimum absolute atomic E-state index is 0.127. The summed E-state index contributed by atoms with van der Waals surface area (Å²) in [6, 6.07) is 6.13. The van der Waals surface area contributed by atoms with Gasteiger partial charge in [0.1, 0.15) is 11.5 Å². The zero-order valence-corrected chi connectivity index (χ0v) is 18.6. The van der Waals surface area contributed by atoms with E-state index < -0.39 is 11.8 Å². The van der Waals surface area contributed by atoms with Crippen molar-refractivity contribution in [3.63, 3.8) is 0 Å². The fraction of sp³-hybridized carbons (Fsp3) is 0.333. The van der Waals surface area contributed by atoms with Crippen LogP contribution in [-0.2, 0) is 20.5 Å². The molecule has 166 valence electrons. The van der Waals surface area contributed by atoms with Gasteiger partial charge in [0.2, 0.25) is 0 Å². The van der Waals surface area contributed by atoms with Gasteiger partial charge in [0.15, 0.2) is 5.69 Å². The number of hydrogen-bond donors (Lipinski definition) is 3. The summed E-state index contributed by atoms with van der Waals surface area (Å²) in [4.78, 5) is 26.9. The Hall–Kier alpha value is -3.82. The summed E-state index contributed by atoms with van der Waals surface area (Å²) in [5, 5.41) is 3.75. The van der Waals surface area contributed by atoms with Crippen molar-refractivity contribution in [2.45, 2.75) is 20.3 Å². The van der Waals surface area contributed by atoms with Gasteiger partial charge in [0.05, 0.1) is 6.33 Å². The van der Waals surface area contributed by atoms with Crippen LogP contribution in [0.4, 0.5) is 11.5 Å². The second-order valence-electron chi connectivity index (χ2n) is 7.44. The van der Waals surface area contributed by atoms with E-state index in [1.807, 2.05) is 0 Å². The van der Waals surface area contributed by atoms with Gasteiger partial charge in [-0.05, 0) is 49.1 Å². The number of amides is 2. The summed E-state index contributed by atoms with van der Waals surface area (Å²) in [7, 11) is 5.59. The molecular formula is C21H30N8O2. The zero-order chi connectivity index (χ0) is 23.3. The number of aromatic nitrogens is 4. The zero-order valence-electron chi connectivity index (χ0n) is 18.6. The van der Waals surface area contributed by atoms with E-state index in [2.05, 4.69) is 48.0 Å². The lowest BCUT2D eigenvalue weighted by Gasteiger charge is -2.13. The first kappa shape index (κ1) is 23.5. The lowest BCUT2D eigenvalue weighted by molar-refractivity contribution is 0.0987. The van der Waals surface area contributed by atoms with Crippen LogP contribution in [0.15, 0.2) is 30.7 Å². The molecule has 10 heteroatoms. The number of hydrogen-bond acceptors (Lipinski definition) is 6. The molecule has 31 heavy (non-hydrogen) atoms. The van der Waals surface area contributed by atoms with Crippen LogP contribution < -0.4 is 22.1 Å². The highest BCUT2D eigenvalue weighted by Crippen LogP contribution is 2.30. The molecule has 0 saturated heterocycles. The molecule has 1 aliphatic heterocycles. The molecule has 10 nitrogen and oxygen atoms in total. The largest absolute Gasteiger partial charge is 0.383 e. The van der Waals surface area contributed by atoms with Crippen molar-refractivity contribution < 1.29 is 9.59 Å². The molecular weight excluding hydrogens is 396 g/mol. The molecule has 1 aromatic carbocycles. The first-order valence-electron chi connectivity index (χ1n) is 9.68. The van der Waals surface area contributed by atoms with Crippen LogP contribution in [0.5, 0.6) is 0 Å². The second kappa shape index (κ2) is 9.79. The predicted octanol–water partition coefficient (Wildman–Crippen LogP) is 0.916. The summed E-state index contributed by atoms with van der Waals surface area (Å²) >= 11 is 0. The number of nitrogen functional groups attached to an aromatic ring is 1. The van der Waals surface area contributed by atoms with Crippen LogP contribution in [-0.4, -0.2) is 44.7 Å². The molecule has 2 aromatic heterocycles. The van der Waals surface area contributed by atoms with Crippen LogP contribution in [0, 0.1) is 13.8 Å². The molecule has 1 aliphatic rings. The van der Waals surface area contributed by atoms with E-state index in [-0.39, 0.29) is 5.69 Å². The van der Waals surface area contributed by atoms with Crippen LogP contribution >= 0.6 is 0 Å². The van der Waals surface area contributed by atoms with Gasteiger partial charge in [-0.15, -0.1) is 0 Å². The number of carbonyl (C=O) groups is 2. The number of rotatable bonds is 2. The predicted molar refractivity (Wildman–Crippen MR) is 121 cm³/mol. The fourth-order valence-electron chi connectivity index (χ4n) is 3.22. The molecule has 0 fully saturated rings. The van der Waals surface area contributed by atoms with Crippen LogP contribution in [0.25, 0.3) is 0 Å². The number of fused-ring (bicyclic) bond motifs is 1. The smallest absolute Gasteiger partial charge is 0.271 e. The summed E-state index contributed by atoms with van der Waals surface area (Å²) in [6.07, 6.45) is 4.33. The van der Waals surface area contributed by atoms with Crippen LogP contribution in [0.3, 0.4) is 0 Å². The third-order valence-electron chi connectivity index (χ3n) is 4.88. The number of aryl methyl sites for hydroxylation is 4. The van der Waals surface area contributed by atoms with Gasteiger partial charge >= 0.3 is 0 Å². The van der Waals surface area contributed by atoms with E-state index in [0.717, 1.165) is 0 Å². The third kappa shape index (κ3) is 5.84. The first-order valence-corrected chi connectivity index (χ1v) is 9.68.